The van der Waals surface area contributed by atoms with Gasteiger partial charge in [-0.25, -0.2) is 9.78 Å². The van der Waals surface area contributed by atoms with Crippen molar-refractivity contribution < 1.29 is 9.53 Å². The molecule has 1 aliphatic rings. The van der Waals surface area contributed by atoms with Gasteiger partial charge in [-0.1, -0.05) is 12.8 Å². The summed E-state index contributed by atoms with van der Waals surface area (Å²) in [7, 11) is 1.38. The molecular weight excluding hydrogens is 254 g/mol. The summed E-state index contributed by atoms with van der Waals surface area (Å²) >= 11 is 0. The smallest absolute Gasteiger partial charge is 0.338 e. The van der Waals surface area contributed by atoms with Gasteiger partial charge in [-0.05, 0) is 25.0 Å². The summed E-state index contributed by atoms with van der Waals surface area (Å²) in [5, 5.41) is 3.57. The molecule has 3 rings (SSSR count). The van der Waals surface area contributed by atoms with Gasteiger partial charge in [0.05, 0.1) is 24.6 Å². The van der Waals surface area contributed by atoms with Crippen LogP contribution in [0.3, 0.4) is 0 Å². The average Bonchev–Trinajstić information content (AvgIpc) is 3.13. The first-order valence-corrected chi connectivity index (χ1v) is 7.05. The highest BCUT2D eigenvalue weighted by atomic mass is 16.5. The maximum atomic E-state index is 11.5. The number of ether oxygens (including phenoxy) is 1. The van der Waals surface area contributed by atoms with Crippen molar-refractivity contribution in [1.29, 1.82) is 0 Å². The Labute approximate surface area is 118 Å². The number of carbonyl (C=O) groups is 1. The molecular formula is C15H19N3O2. The lowest BCUT2D eigenvalue weighted by molar-refractivity contribution is 0.0600. The van der Waals surface area contributed by atoms with Crippen LogP contribution in [-0.4, -0.2) is 28.5 Å². The molecule has 2 heterocycles. The van der Waals surface area contributed by atoms with Crippen LogP contribution in [0.1, 0.15) is 41.7 Å². The zero-order chi connectivity index (χ0) is 13.9. The van der Waals surface area contributed by atoms with E-state index in [9.17, 15) is 4.79 Å². The number of rotatable bonds is 4. The van der Waals surface area contributed by atoms with Crippen molar-refractivity contribution in [2.45, 2.75) is 38.3 Å². The first-order valence-electron chi connectivity index (χ1n) is 7.05. The molecule has 0 aromatic carbocycles. The third-order valence-electron chi connectivity index (χ3n) is 3.94. The number of fused-ring (bicyclic) bond motifs is 1. The minimum atomic E-state index is -0.332. The monoisotopic (exact) mass is 273 g/mol. The van der Waals surface area contributed by atoms with Gasteiger partial charge in [-0.15, -0.1) is 0 Å². The van der Waals surface area contributed by atoms with Crippen molar-refractivity contribution in [3.05, 3.63) is 35.8 Å². The summed E-state index contributed by atoms with van der Waals surface area (Å²) in [6.45, 7) is 0.809. The number of carbonyl (C=O) groups excluding carboxylic acids is 1. The van der Waals surface area contributed by atoms with Gasteiger partial charge >= 0.3 is 5.97 Å². The summed E-state index contributed by atoms with van der Waals surface area (Å²) in [6.07, 6.45) is 8.92. The fraction of sp³-hybridized carbons (Fsp3) is 0.467. The highest BCUT2D eigenvalue weighted by molar-refractivity contribution is 5.90. The van der Waals surface area contributed by atoms with Crippen molar-refractivity contribution in [3.8, 4) is 0 Å². The van der Waals surface area contributed by atoms with E-state index < -0.39 is 0 Å². The van der Waals surface area contributed by atoms with Crippen molar-refractivity contribution in [2.24, 2.45) is 0 Å². The fourth-order valence-electron chi connectivity index (χ4n) is 2.79. The molecule has 2 aromatic rings. The average molecular weight is 273 g/mol. The lowest BCUT2D eigenvalue weighted by Crippen LogP contribution is -2.25. The maximum absolute atomic E-state index is 11.5. The number of imidazole rings is 1. The first-order chi connectivity index (χ1) is 9.78. The largest absolute Gasteiger partial charge is 0.465 e. The standard InChI is InChI=1S/C15H19N3O2/c1-20-15(19)11-6-7-18-13(10-17-14(18)8-11)9-16-12-4-2-3-5-12/h6-8,10,12,16H,2-5,9H2,1H3. The van der Waals surface area contributed by atoms with Crippen LogP contribution in [0.15, 0.2) is 24.5 Å². The quantitative estimate of drug-likeness (QED) is 0.867. The number of nitrogens with zero attached hydrogens (tertiary/aromatic N) is 2. The van der Waals surface area contributed by atoms with E-state index in [4.69, 9.17) is 4.74 Å². The number of methoxy groups -OCH3 is 1. The summed E-state index contributed by atoms with van der Waals surface area (Å²) in [5.41, 5.74) is 2.42. The number of pyridine rings is 1. The van der Waals surface area contributed by atoms with Crippen molar-refractivity contribution >= 4 is 11.6 Å². The molecule has 1 aliphatic carbocycles. The summed E-state index contributed by atoms with van der Waals surface area (Å²) in [4.78, 5) is 15.8. The van der Waals surface area contributed by atoms with Crippen LogP contribution in [0.25, 0.3) is 5.65 Å². The zero-order valence-corrected chi connectivity index (χ0v) is 11.6. The molecule has 106 valence electrons. The Morgan fingerprint density at radius 2 is 2.30 bits per heavy atom. The van der Waals surface area contributed by atoms with Crippen LogP contribution in [0.2, 0.25) is 0 Å². The van der Waals surface area contributed by atoms with Crippen LogP contribution in [0.4, 0.5) is 0 Å². The van der Waals surface area contributed by atoms with E-state index in [-0.39, 0.29) is 5.97 Å². The predicted octanol–water partition coefficient (Wildman–Crippen LogP) is 2.15. The van der Waals surface area contributed by atoms with E-state index >= 15 is 0 Å². The molecule has 2 aromatic heterocycles. The van der Waals surface area contributed by atoms with Crippen LogP contribution in [-0.2, 0) is 11.3 Å². The van der Waals surface area contributed by atoms with Crippen molar-refractivity contribution in [2.75, 3.05) is 7.11 Å². The Morgan fingerprint density at radius 3 is 3.05 bits per heavy atom. The Kier molecular flexibility index (Phi) is 3.69. The van der Waals surface area contributed by atoms with Crippen LogP contribution >= 0.6 is 0 Å². The molecule has 5 nitrogen and oxygen atoms in total. The van der Waals surface area contributed by atoms with E-state index in [0.717, 1.165) is 17.9 Å². The summed E-state index contributed by atoms with van der Waals surface area (Å²) < 4.78 is 6.73. The molecule has 5 heteroatoms. The molecule has 0 amide bonds. The van der Waals surface area contributed by atoms with Gasteiger partial charge in [0, 0.05) is 18.8 Å². The second kappa shape index (κ2) is 5.63. The number of nitrogens with one attached hydrogen (secondary N) is 1. The topological polar surface area (TPSA) is 55.6 Å². The normalized spacial score (nSPS) is 15.8. The summed E-state index contributed by atoms with van der Waals surface area (Å²) in [6, 6.07) is 4.15. The number of esters is 1. The zero-order valence-electron chi connectivity index (χ0n) is 11.6. The van der Waals surface area contributed by atoms with Gasteiger partial charge in [0.1, 0.15) is 5.65 Å². The molecule has 0 bridgehead atoms. The van der Waals surface area contributed by atoms with E-state index in [0.29, 0.717) is 11.6 Å². The lowest BCUT2D eigenvalue weighted by atomic mass is 10.2. The molecule has 1 fully saturated rings. The van der Waals surface area contributed by atoms with Crippen molar-refractivity contribution in [1.82, 2.24) is 14.7 Å². The van der Waals surface area contributed by atoms with Crippen LogP contribution < -0.4 is 5.32 Å². The van der Waals surface area contributed by atoms with Gasteiger partial charge in [0.25, 0.3) is 0 Å². The van der Waals surface area contributed by atoms with E-state index in [1.807, 2.05) is 16.8 Å². The maximum Gasteiger partial charge on any atom is 0.338 e. The van der Waals surface area contributed by atoms with E-state index in [1.165, 1.54) is 32.8 Å². The van der Waals surface area contributed by atoms with Gasteiger partial charge in [0.2, 0.25) is 0 Å². The minimum absolute atomic E-state index is 0.332. The molecule has 0 unspecified atom stereocenters. The predicted molar refractivity (Wildman–Crippen MR) is 75.6 cm³/mol. The van der Waals surface area contributed by atoms with Gasteiger partial charge in [-0.2, -0.15) is 0 Å². The van der Waals surface area contributed by atoms with E-state index in [2.05, 4.69) is 10.3 Å². The molecule has 0 saturated heterocycles. The SMILES string of the molecule is COC(=O)c1ccn2c(CNC3CCCC3)cnc2c1. The molecule has 0 aliphatic heterocycles. The fourth-order valence-corrected chi connectivity index (χ4v) is 2.79. The highest BCUT2D eigenvalue weighted by Gasteiger charge is 2.15. The van der Waals surface area contributed by atoms with E-state index in [1.54, 1.807) is 12.1 Å². The molecule has 0 spiro atoms. The molecule has 1 saturated carbocycles. The number of hydrogen-bond donors (Lipinski definition) is 1. The molecule has 0 atom stereocenters. The Bertz CT molecular complexity index is 615. The Morgan fingerprint density at radius 1 is 1.50 bits per heavy atom. The third kappa shape index (κ3) is 2.54. The van der Waals surface area contributed by atoms with Gasteiger partial charge in [0.15, 0.2) is 0 Å². The number of hydrogen-bond acceptors (Lipinski definition) is 4. The van der Waals surface area contributed by atoms with Crippen LogP contribution in [0, 0.1) is 0 Å². The molecule has 0 radical (unpaired) electrons. The summed E-state index contributed by atoms with van der Waals surface area (Å²) in [5.74, 6) is -0.332. The first kappa shape index (κ1) is 13.1. The molecule has 1 N–H and O–H groups in total. The number of aromatic nitrogens is 2. The van der Waals surface area contributed by atoms with Crippen molar-refractivity contribution in [3.63, 3.8) is 0 Å². The molecule has 20 heavy (non-hydrogen) atoms. The van der Waals surface area contributed by atoms with Crippen LogP contribution in [0.5, 0.6) is 0 Å². The third-order valence-corrected chi connectivity index (χ3v) is 3.94. The van der Waals surface area contributed by atoms with Gasteiger partial charge in [-0.3, -0.25) is 0 Å². The second-order valence-electron chi connectivity index (χ2n) is 5.25. The Balaban J connectivity index is 1.77. The Hall–Kier alpha value is -1.88. The van der Waals surface area contributed by atoms with Gasteiger partial charge < -0.3 is 14.5 Å². The highest BCUT2D eigenvalue weighted by Crippen LogP contribution is 2.18. The minimum Gasteiger partial charge on any atom is -0.465 e. The lowest BCUT2D eigenvalue weighted by Gasteiger charge is -2.11. The second-order valence-corrected chi connectivity index (χ2v) is 5.25.